The number of aliphatic hydroxyl groups excluding tert-OH is 1. The number of rotatable bonds is 7. The Morgan fingerprint density at radius 3 is 2.57 bits per heavy atom. The van der Waals surface area contributed by atoms with Gasteiger partial charge in [-0.2, -0.15) is 0 Å². The van der Waals surface area contributed by atoms with E-state index < -0.39 is 0 Å². The molecule has 1 saturated heterocycles. The summed E-state index contributed by atoms with van der Waals surface area (Å²) in [6.07, 6.45) is 1.62. The second kappa shape index (κ2) is 8.46. The lowest BCUT2D eigenvalue weighted by molar-refractivity contribution is -0.123. The van der Waals surface area contributed by atoms with Gasteiger partial charge in [0, 0.05) is 6.54 Å². The van der Waals surface area contributed by atoms with E-state index >= 15 is 0 Å². The van der Waals surface area contributed by atoms with Crippen LogP contribution in [0.4, 0.5) is 0 Å². The van der Waals surface area contributed by atoms with Crippen molar-refractivity contribution in [2.45, 2.75) is 45.8 Å². The highest BCUT2D eigenvalue weighted by atomic mass is 16.3. The van der Waals surface area contributed by atoms with E-state index in [2.05, 4.69) is 36.2 Å². The lowest BCUT2D eigenvalue weighted by atomic mass is 9.97. The summed E-state index contributed by atoms with van der Waals surface area (Å²) in [5, 5.41) is 12.9. The zero-order valence-electron chi connectivity index (χ0n) is 14.5. The number of aliphatic hydroxyl groups is 1. The number of amides is 1. The highest BCUT2D eigenvalue weighted by Crippen LogP contribution is 2.22. The lowest BCUT2D eigenvalue weighted by Gasteiger charge is -2.23. The van der Waals surface area contributed by atoms with Gasteiger partial charge in [0.15, 0.2) is 0 Å². The zero-order valence-corrected chi connectivity index (χ0v) is 14.5. The minimum absolute atomic E-state index is 0.0684. The third kappa shape index (κ3) is 5.63. The molecule has 0 aromatic heterocycles. The molecule has 2 rings (SSSR count). The van der Waals surface area contributed by atoms with Gasteiger partial charge in [0.2, 0.25) is 5.91 Å². The normalized spacial score (nSPS) is 21.3. The van der Waals surface area contributed by atoms with Crippen molar-refractivity contribution in [1.29, 1.82) is 0 Å². The molecule has 3 unspecified atom stereocenters. The maximum absolute atomic E-state index is 12.4. The van der Waals surface area contributed by atoms with E-state index in [9.17, 15) is 9.90 Å². The molecule has 0 radical (unpaired) electrons. The number of hydrogen-bond donors (Lipinski definition) is 2. The molecule has 1 fully saturated rings. The predicted molar refractivity (Wildman–Crippen MR) is 93.0 cm³/mol. The van der Waals surface area contributed by atoms with Crippen LogP contribution in [0, 0.1) is 11.8 Å². The van der Waals surface area contributed by atoms with Gasteiger partial charge in [-0.3, -0.25) is 9.69 Å². The Bertz CT molecular complexity index is 487. The largest absolute Gasteiger partial charge is 0.393 e. The number of carbonyl (C=O) groups excluding carboxylic acids is 1. The highest BCUT2D eigenvalue weighted by Gasteiger charge is 2.27. The molecule has 128 valence electrons. The molecule has 4 heteroatoms. The van der Waals surface area contributed by atoms with Crippen molar-refractivity contribution in [3.8, 4) is 0 Å². The molecular formula is C19H30N2O2. The Morgan fingerprint density at radius 1 is 1.30 bits per heavy atom. The molecule has 23 heavy (non-hydrogen) atoms. The van der Waals surface area contributed by atoms with Gasteiger partial charge < -0.3 is 10.4 Å². The van der Waals surface area contributed by atoms with Gasteiger partial charge in [0.25, 0.3) is 0 Å². The van der Waals surface area contributed by atoms with Crippen LogP contribution in [0.25, 0.3) is 0 Å². The highest BCUT2D eigenvalue weighted by molar-refractivity contribution is 5.78. The molecule has 1 amide bonds. The molecule has 1 aliphatic rings. The Morgan fingerprint density at radius 2 is 2.00 bits per heavy atom. The molecule has 0 saturated carbocycles. The Labute approximate surface area is 139 Å². The van der Waals surface area contributed by atoms with Crippen molar-refractivity contribution in [2.24, 2.45) is 11.8 Å². The molecule has 1 aromatic rings. The number of benzene rings is 1. The van der Waals surface area contributed by atoms with E-state index in [1.807, 2.05) is 25.1 Å². The quantitative estimate of drug-likeness (QED) is 0.812. The summed E-state index contributed by atoms with van der Waals surface area (Å²) in [6, 6.07) is 10.3. The Hall–Kier alpha value is -1.39. The molecule has 0 aliphatic carbocycles. The monoisotopic (exact) mass is 318 g/mol. The first kappa shape index (κ1) is 18.0. The first-order valence-electron chi connectivity index (χ1n) is 8.70. The van der Waals surface area contributed by atoms with Crippen LogP contribution in [-0.4, -0.2) is 41.7 Å². The fourth-order valence-corrected chi connectivity index (χ4v) is 3.28. The standard InChI is InChI=1S/C19H30N2O2/c1-14(2)11-18(16-7-5-4-6-8-16)20-19(23)13-21-10-9-17(12-21)15(3)22/h4-8,14-15,17-18,22H,9-13H2,1-3H3,(H,20,23). The molecule has 2 N–H and O–H groups in total. The van der Waals surface area contributed by atoms with Crippen molar-refractivity contribution in [3.05, 3.63) is 35.9 Å². The van der Waals surface area contributed by atoms with Crippen LogP contribution in [0.2, 0.25) is 0 Å². The van der Waals surface area contributed by atoms with Crippen LogP contribution in [-0.2, 0) is 4.79 Å². The van der Waals surface area contributed by atoms with Gasteiger partial charge in [0.05, 0.1) is 18.7 Å². The molecule has 1 aromatic carbocycles. The summed E-state index contributed by atoms with van der Waals surface area (Å²) in [6.45, 7) is 8.31. The number of nitrogens with zero attached hydrogens (tertiary/aromatic N) is 1. The van der Waals surface area contributed by atoms with Crippen molar-refractivity contribution < 1.29 is 9.90 Å². The van der Waals surface area contributed by atoms with Crippen LogP contribution >= 0.6 is 0 Å². The van der Waals surface area contributed by atoms with E-state index in [4.69, 9.17) is 0 Å². The molecule has 1 aliphatic heterocycles. The summed E-state index contributed by atoms with van der Waals surface area (Å²) < 4.78 is 0. The van der Waals surface area contributed by atoms with Gasteiger partial charge in [-0.1, -0.05) is 44.2 Å². The second-order valence-electron chi connectivity index (χ2n) is 7.18. The molecule has 4 nitrogen and oxygen atoms in total. The van der Waals surface area contributed by atoms with Crippen LogP contribution < -0.4 is 5.32 Å². The summed E-state index contributed by atoms with van der Waals surface area (Å²) in [7, 11) is 0. The summed E-state index contributed by atoms with van der Waals surface area (Å²) >= 11 is 0. The smallest absolute Gasteiger partial charge is 0.234 e. The van der Waals surface area contributed by atoms with Gasteiger partial charge in [-0.05, 0) is 43.7 Å². The molecule has 0 bridgehead atoms. The van der Waals surface area contributed by atoms with E-state index in [1.165, 1.54) is 0 Å². The lowest BCUT2D eigenvalue weighted by Crippen LogP contribution is -2.38. The average molecular weight is 318 g/mol. The molecule has 1 heterocycles. The maximum Gasteiger partial charge on any atom is 0.234 e. The van der Waals surface area contributed by atoms with Crippen molar-refractivity contribution >= 4 is 5.91 Å². The van der Waals surface area contributed by atoms with E-state index in [0.29, 0.717) is 18.4 Å². The van der Waals surface area contributed by atoms with Crippen LogP contribution in [0.1, 0.15) is 45.2 Å². The third-order valence-electron chi connectivity index (χ3n) is 4.60. The Kier molecular flexibility index (Phi) is 6.60. The maximum atomic E-state index is 12.4. The van der Waals surface area contributed by atoms with E-state index in [0.717, 1.165) is 31.5 Å². The fourth-order valence-electron chi connectivity index (χ4n) is 3.28. The van der Waals surface area contributed by atoms with E-state index in [1.54, 1.807) is 0 Å². The summed E-state index contributed by atoms with van der Waals surface area (Å²) in [5.41, 5.74) is 1.16. The first-order chi connectivity index (χ1) is 11.0. The molecule has 3 atom stereocenters. The predicted octanol–water partition coefficient (Wildman–Crippen LogP) is 2.59. The average Bonchev–Trinajstić information content (AvgIpc) is 2.95. The van der Waals surface area contributed by atoms with Crippen LogP contribution in [0.5, 0.6) is 0 Å². The van der Waals surface area contributed by atoms with Crippen molar-refractivity contribution in [1.82, 2.24) is 10.2 Å². The number of carbonyl (C=O) groups is 1. The minimum Gasteiger partial charge on any atom is -0.393 e. The van der Waals surface area contributed by atoms with Gasteiger partial charge in [-0.25, -0.2) is 0 Å². The van der Waals surface area contributed by atoms with Crippen LogP contribution in [0.3, 0.4) is 0 Å². The fraction of sp³-hybridized carbons (Fsp3) is 0.632. The Balaban J connectivity index is 1.90. The summed E-state index contributed by atoms with van der Waals surface area (Å²) in [5.74, 6) is 0.890. The van der Waals surface area contributed by atoms with E-state index in [-0.39, 0.29) is 18.1 Å². The van der Waals surface area contributed by atoms with Gasteiger partial charge in [-0.15, -0.1) is 0 Å². The summed E-state index contributed by atoms with van der Waals surface area (Å²) in [4.78, 5) is 14.6. The second-order valence-corrected chi connectivity index (χ2v) is 7.18. The van der Waals surface area contributed by atoms with Gasteiger partial charge in [0.1, 0.15) is 0 Å². The number of likely N-dealkylation sites (tertiary alicyclic amines) is 1. The topological polar surface area (TPSA) is 52.6 Å². The van der Waals surface area contributed by atoms with Gasteiger partial charge >= 0.3 is 0 Å². The molecule has 0 spiro atoms. The SMILES string of the molecule is CC(C)CC(NC(=O)CN1CCC(C(C)O)C1)c1ccccc1. The third-order valence-corrected chi connectivity index (χ3v) is 4.60. The first-order valence-corrected chi connectivity index (χ1v) is 8.70. The zero-order chi connectivity index (χ0) is 16.8. The van der Waals surface area contributed by atoms with Crippen molar-refractivity contribution in [2.75, 3.05) is 19.6 Å². The van der Waals surface area contributed by atoms with Crippen molar-refractivity contribution in [3.63, 3.8) is 0 Å². The molecular weight excluding hydrogens is 288 g/mol. The number of hydrogen-bond acceptors (Lipinski definition) is 3. The number of nitrogens with one attached hydrogen (secondary N) is 1. The minimum atomic E-state index is -0.291. The van der Waals surface area contributed by atoms with Crippen LogP contribution in [0.15, 0.2) is 30.3 Å².